The van der Waals surface area contributed by atoms with Gasteiger partial charge in [0.1, 0.15) is 12.4 Å². The Hall–Kier alpha value is -1.65. The summed E-state index contributed by atoms with van der Waals surface area (Å²) in [6.45, 7) is 2.78. The number of hydrogen-bond acceptors (Lipinski definition) is 3. The number of nitrogens with zero attached hydrogens (tertiary/aromatic N) is 1. The van der Waals surface area contributed by atoms with Crippen molar-refractivity contribution in [3.05, 3.63) is 60.2 Å². The maximum absolute atomic E-state index is 11.5. The number of para-hydroxylation sites is 1. The monoisotopic (exact) mass is 329 g/mol. The minimum absolute atomic E-state index is 0.468. The van der Waals surface area contributed by atoms with Gasteiger partial charge in [-0.15, -0.1) is 0 Å². The predicted molar refractivity (Wildman–Crippen MR) is 94.1 cm³/mol. The zero-order valence-electron chi connectivity index (χ0n) is 13.5. The number of hydrogen-bond donors (Lipinski definition) is 0. The first kappa shape index (κ1) is 16.2. The van der Waals surface area contributed by atoms with Crippen LogP contribution in [0.4, 0.5) is 0 Å². The second-order valence-electron chi connectivity index (χ2n) is 5.99. The first-order chi connectivity index (χ1) is 11.2. The van der Waals surface area contributed by atoms with E-state index >= 15 is 0 Å². The molecule has 1 saturated heterocycles. The summed E-state index contributed by atoms with van der Waals surface area (Å²) in [6.07, 6.45) is 4.12. The van der Waals surface area contributed by atoms with Gasteiger partial charge in [0, 0.05) is 34.5 Å². The summed E-state index contributed by atoms with van der Waals surface area (Å²) >= 11 is 0. The maximum atomic E-state index is 11.5. The molecule has 3 nitrogen and oxygen atoms in total. The van der Waals surface area contributed by atoms with E-state index in [0.717, 1.165) is 30.3 Å². The van der Waals surface area contributed by atoms with Gasteiger partial charge in [0.15, 0.2) is 0 Å². The molecule has 23 heavy (non-hydrogen) atoms. The van der Waals surface area contributed by atoms with Gasteiger partial charge in [0.2, 0.25) is 0 Å². The highest BCUT2D eigenvalue weighted by molar-refractivity contribution is 7.84. The van der Waals surface area contributed by atoms with E-state index in [2.05, 4.69) is 17.0 Å². The van der Waals surface area contributed by atoms with Crippen molar-refractivity contribution in [2.45, 2.75) is 30.3 Å². The van der Waals surface area contributed by atoms with Gasteiger partial charge in [-0.25, -0.2) is 0 Å². The molecule has 1 fully saturated rings. The van der Waals surface area contributed by atoms with Gasteiger partial charge in [-0.2, -0.15) is 0 Å². The molecule has 0 aliphatic carbocycles. The zero-order valence-corrected chi connectivity index (χ0v) is 14.3. The maximum Gasteiger partial charge on any atom is 0.119 e. The summed E-state index contributed by atoms with van der Waals surface area (Å²) in [5.41, 5.74) is 1.27. The topological polar surface area (TPSA) is 29.5 Å². The predicted octanol–water partition coefficient (Wildman–Crippen LogP) is 3.47. The van der Waals surface area contributed by atoms with Crippen LogP contribution in [0.5, 0.6) is 5.75 Å². The molecule has 0 spiro atoms. The summed E-state index contributed by atoms with van der Waals surface area (Å²) in [5, 5.41) is 0. The number of ether oxygens (including phenoxy) is 1. The Balaban J connectivity index is 1.57. The first-order valence-corrected chi connectivity index (χ1v) is 9.62. The van der Waals surface area contributed by atoms with Crippen LogP contribution in [0.15, 0.2) is 59.5 Å². The van der Waals surface area contributed by atoms with Gasteiger partial charge in [0.05, 0.1) is 0 Å². The molecular formula is C19H23NO2S. The van der Waals surface area contributed by atoms with E-state index < -0.39 is 10.8 Å². The largest absolute Gasteiger partial charge is 0.492 e. The van der Waals surface area contributed by atoms with Gasteiger partial charge >= 0.3 is 0 Å². The van der Waals surface area contributed by atoms with Crippen LogP contribution in [-0.2, 0) is 17.3 Å². The average molecular weight is 329 g/mol. The minimum Gasteiger partial charge on any atom is -0.492 e. The molecular weight excluding hydrogens is 306 g/mol. The van der Waals surface area contributed by atoms with Crippen LogP contribution >= 0.6 is 0 Å². The summed E-state index contributed by atoms with van der Waals surface area (Å²) in [4.78, 5) is 3.38. The molecule has 122 valence electrons. The third-order valence-corrected chi connectivity index (χ3v) is 5.26. The third-order valence-electron chi connectivity index (χ3n) is 4.33. The molecule has 3 rings (SSSR count). The van der Waals surface area contributed by atoms with Crippen molar-refractivity contribution >= 4 is 10.8 Å². The molecule has 1 aliphatic rings. The normalized spacial score (nSPS) is 19.6. The lowest BCUT2D eigenvalue weighted by molar-refractivity contribution is 0.167. The lowest BCUT2D eigenvalue weighted by atomic mass is 10.2. The SMILES string of the molecule is CS(=O)c1ccc(CN2CCCC2COc2ccccc2)cc1. The number of benzene rings is 2. The zero-order chi connectivity index (χ0) is 16.1. The van der Waals surface area contributed by atoms with Crippen LogP contribution in [0.25, 0.3) is 0 Å². The summed E-state index contributed by atoms with van der Waals surface area (Å²) in [6, 6.07) is 18.6. The Morgan fingerprint density at radius 3 is 2.57 bits per heavy atom. The fourth-order valence-corrected chi connectivity index (χ4v) is 3.54. The van der Waals surface area contributed by atoms with E-state index in [0.29, 0.717) is 6.04 Å². The molecule has 0 radical (unpaired) electrons. The number of rotatable bonds is 6. The molecule has 0 amide bonds. The Morgan fingerprint density at radius 2 is 1.87 bits per heavy atom. The van der Waals surface area contributed by atoms with E-state index in [9.17, 15) is 4.21 Å². The summed E-state index contributed by atoms with van der Waals surface area (Å²) in [5.74, 6) is 0.939. The van der Waals surface area contributed by atoms with Crippen molar-refractivity contribution in [3.63, 3.8) is 0 Å². The van der Waals surface area contributed by atoms with Crippen molar-refractivity contribution in [2.75, 3.05) is 19.4 Å². The molecule has 0 aromatic heterocycles. The molecule has 2 unspecified atom stereocenters. The lowest BCUT2D eigenvalue weighted by Gasteiger charge is -2.24. The Kier molecular flexibility index (Phi) is 5.47. The summed E-state index contributed by atoms with van der Waals surface area (Å²) < 4.78 is 17.4. The fourth-order valence-electron chi connectivity index (χ4n) is 3.02. The minimum atomic E-state index is -0.906. The Labute approximate surface area is 140 Å². The van der Waals surface area contributed by atoms with Crippen LogP contribution in [-0.4, -0.2) is 34.6 Å². The molecule has 0 saturated carbocycles. The van der Waals surface area contributed by atoms with Crippen molar-refractivity contribution < 1.29 is 8.95 Å². The highest BCUT2D eigenvalue weighted by Gasteiger charge is 2.25. The molecule has 4 heteroatoms. The third kappa shape index (κ3) is 4.43. The van der Waals surface area contributed by atoms with Crippen molar-refractivity contribution in [3.8, 4) is 5.75 Å². The van der Waals surface area contributed by atoms with Gasteiger partial charge in [-0.3, -0.25) is 9.11 Å². The molecule has 2 aromatic rings. The van der Waals surface area contributed by atoms with Crippen molar-refractivity contribution in [1.82, 2.24) is 4.90 Å². The molecule has 0 bridgehead atoms. The van der Waals surface area contributed by atoms with Crippen LogP contribution in [0, 0.1) is 0 Å². The Morgan fingerprint density at radius 1 is 1.13 bits per heavy atom. The fraction of sp³-hybridized carbons (Fsp3) is 0.368. The molecule has 1 aliphatic heterocycles. The van der Waals surface area contributed by atoms with Crippen LogP contribution in [0.2, 0.25) is 0 Å². The summed E-state index contributed by atoms with van der Waals surface area (Å²) in [7, 11) is -0.906. The van der Waals surface area contributed by atoms with Gasteiger partial charge < -0.3 is 4.74 Å². The highest BCUT2D eigenvalue weighted by Crippen LogP contribution is 2.22. The smallest absolute Gasteiger partial charge is 0.119 e. The van der Waals surface area contributed by atoms with E-state index in [1.165, 1.54) is 18.4 Å². The van der Waals surface area contributed by atoms with E-state index in [-0.39, 0.29) is 0 Å². The first-order valence-electron chi connectivity index (χ1n) is 8.06. The second kappa shape index (κ2) is 7.75. The average Bonchev–Trinajstić information content (AvgIpc) is 3.01. The van der Waals surface area contributed by atoms with Gasteiger partial charge in [-0.1, -0.05) is 30.3 Å². The molecule has 1 heterocycles. The molecule has 0 N–H and O–H groups in total. The van der Waals surface area contributed by atoms with Gasteiger partial charge in [0.25, 0.3) is 0 Å². The Bertz CT molecular complexity index is 642. The van der Waals surface area contributed by atoms with Gasteiger partial charge in [-0.05, 0) is 49.2 Å². The standard InChI is InChI=1S/C19H23NO2S/c1-23(21)19-11-9-16(10-12-19)14-20-13-5-6-17(20)15-22-18-7-3-2-4-8-18/h2-4,7-12,17H,5-6,13-15H2,1H3. The van der Waals surface area contributed by atoms with E-state index in [1.54, 1.807) is 6.26 Å². The van der Waals surface area contributed by atoms with Crippen molar-refractivity contribution in [2.24, 2.45) is 0 Å². The van der Waals surface area contributed by atoms with Crippen LogP contribution in [0.1, 0.15) is 18.4 Å². The van der Waals surface area contributed by atoms with Crippen LogP contribution < -0.4 is 4.74 Å². The van der Waals surface area contributed by atoms with E-state index in [1.807, 2.05) is 42.5 Å². The highest BCUT2D eigenvalue weighted by atomic mass is 32.2. The van der Waals surface area contributed by atoms with Crippen molar-refractivity contribution in [1.29, 1.82) is 0 Å². The molecule has 2 aromatic carbocycles. The second-order valence-corrected chi connectivity index (χ2v) is 7.37. The van der Waals surface area contributed by atoms with E-state index in [4.69, 9.17) is 4.74 Å². The quantitative estimate of drug-likeness (QED) is 0.813. The van der Waals surface area contributed by atoms with Crippen LogP contribution in [0.3, 0.4) is 0 Å². The molecule has 2 atom stereocenters. The number of likely N-dealkylation sites (tertiary alicyclic amines) is 1. The lowest BCUT2D eigenvalue weighted by Crippen LogP contribution is -2.33.